The van der Waals surface area contributed by atoms with Crippen LogP contribution in [0.25, 0.3) is 0 Å². The Morgan fingerprint density at radius 1 is 1.18 bits per heavy atom. The lowest BCUT2D eigenvalue weighted by Crippen LogP contribution is -2.40. The second kappa shape index (κ2) is 9.64. The fourth-order valence-corrected chi connectivity index (χ4v) is 4.47. The predicted molar refractivity (Wildman–Crippen MR) is 112 cm³/mol. The summed E-state index contributed by atoms with van der Waals surface area (Å²) in [6.45, 7) is 7.07. The SMILES string of the molecule is COc1cc(C(C)NC(=O)CC2CC3CCC(C2)N3)ccc1OCCC(C)C. The fraction of sp³-hybridized carbons (Fsp3) is 0.696. The van der Waals surface area contributed by atoms with Crippen molar-refractivity contribution in [3.05, 3.63) is 23.8 Å². The van der Waals surface area contributed by atoms with Gasteiger partial charge < -0.3 is 20.1 Å². The number of carbonyl (C=O) groups is 1. The molecular weight excluding hydrogens is 352 g/mol. The molecule has 0 spiro atoms. The first-order valence-electron chi connectivity index (χ1n) is 10.8. The molecule has 1 amide bonds. The first kappa shape index (κ1) is 21.0. The molecule has 2 bridgehead atoms. The van der Waals surface area contributed by atoms with Crippen LogP contribution >= 0.6 is 0 Å². The summed E-state index contributed by atoms with van der Waals surface area (Å²) in [6, 6.07) is 7.14. The molecule has 0 radical (unpaired) electrons. The van der Waals surface area contributed by atoms with Crippen molar-refractivity contribution in [1.29, 1.82) is 0 Å². The van der Waals surface area contributed by atoms with Gasteiger partial charge in [-0.3, -0.25) is 4.79 Å². The minimum Gasteiger partial charge on any atom is -0.493 e. The predicted octanol–water partition coefficient (Wildman–Crippen LogP) is 4.22. The van der Waals surface area contributed by atoms with Gasteiger partial charge in [0, 0.05) is 18.5 Å². The third-order valence-corrected chi connectivity index (χ3v) is 6.06. The third kappa shape index (κ3) is 5.63. The summed E-state index contributed by atoms with van der Waals surface area (Å²) in [5, 5.41) is 6.81. The van der Waals surface area contributed by atoms with Gasteiger partial charge in [0.1, 0.15) is 0 Å². The Morgan fingerprint density at radius 3 is 2.54 bits per heavy atom. The molecule has 28 heavy (non-hydrogen) atoms. The number of hydrogen-bond donors (Lipinski definition) is 2. The Bertz CT molecular complexity index is 649. The lowest BCUT2D eigenvalue weighted by molar-refractivity contribution is -0.122. The zero-order valence-corrected chi connectivity index (χ0v) is 17.8. The van der Waals surface area contributed by atoms with Crippen LogP contribution in [0.15, 0.2) is 18.2 Å². The van der Waals surface area contributed by atoms with Crippen LogP contribution in [-0.4, -0.2) is 31.7 Å². The second-order valence-electron chi connectivity index (χ2n) is 8.91. The quantitative estimate of drug-likeness (QED) is 0.665. The molecular formula is C23H36N2O3. The zero-order chi connectivity index (χ0) is 20.1. The largest absolute Gasteiger partial charge is 0.493 e. The van der Waals surface area contributed by atoms with Gasteiger partial charge in [-0.25, -0.2) is 0 Å². The van der Waals surface area contributed by atoms with Crippen molar-refractivity contribution in [3.8, 4) is 11.5 Å². The van der Waals surface area contributed by atoms with Gasteiger partial charge in [0.15, 0.2) is 11.5 Å². The van der Waals surface area contributed by atoms with Crippen molar-refractivity contribution in [2.75, 3.05) is 13.7 Å². The first-order chi connectivity index (χ1) is 13.4. The van der Waals surface area contributed by atoms with Crippen LogP contribution < -0.4 is 20.1 Å². The van der Waals surface area contributed by atoms with Gasteiger partial charge in [0.05, 0.1) is 19.8 Å². The van der Waals surface area contributed by atoms with Gasteiger partial charge in [-0.15, -0.1) is 0 Å². The Morgan fingerprint density at radius 2 is 1.89 bits per heavy atom. The van der Waals surface area contributed by atoms with Gasteiger partial charge >= 0.3 is 0 Å². The van der Waals surface area contributed by atoms with Crippen molar-refractivity contribution in [3.63, 3.8) is 0 Å². The highest BCUT2D eigenvalue weighted by molar-refractivity contribution is 5.76. The molecule has 2 N–H and O–H groups in total. The minimum atomic E-state index is -0.0513. The lowest BCUT2D eigenvalue weighted by atomic mass is 9.89. The lowest BCUT2D eigenvalue weighted by Gasteiger charge is -2.29. The molecule has 2 saturated heterocycles. The van der Waals surface area contributed by atoms with E-state index >= 15 is 0 Å². The van der Waals surface area contributed by atoms with Crippen molar-refractivity contribution in [1.82, 2.24) is 10.6 Å². The van der Waals surface area contributed by atoms with Crippen LogP contribution in [0.4, 0.5) is 0 Å². The number of benzene rings is 1. The molecule has 5 nitrogen and oxygen atoms in total. The topological polar surface area (TPSA) is 59.6 Å². The Kier molecular flexibility index (Phi) is 7.22. The van der Waals surface area contributed by atoms with E-state index in [2.05, 4.69) is 24.5 Å². The number of hydrogen-bond acceptors (Lipinski definition) is 4. The highest BCUT2D eigenvalue weighted by Gasteiger charge is 2.34. The first-order valence-corrected chi connectivity index (χ1v) is 10.8. The highest BCUT2D eigenvalue weighted by Crippen LogP contribution is 2.33. The number of nitrogens with one attached hydrogen (secondary N) is 2. The van der Waals surface area contributed by atoms with E-state index in [-0.39, 0.29) is 11.9 Å². The van der Waals surface area contributed by atoms with Gasteiger partial charge in [0.25, 0.3) is 0 Å². The van der Waals surface area contributed by atoms with Gasteiger partial charge in [-0.05, 0) is 68.6 Å². The van der Waals surface area contributed by atoms with Crippen molar-refractivity contribution < 1.29 is 14.3 Å². The zero-order valence-electron chi connectivity index (χ0n) is 17.8. The molecule has 3 unspecified atom stereocenters. The van der Waals surface area contributed by atoms with Crippen LogP contribution in [0.3, 0.4) is 0 Å². The molecule has 0 aromatic heterocycles. The van der Waals surface area contributed by atoms with Crippen LogP contribution in [0.1, 0.15) is 70.9 Å². The maximum absolute atomic E-state index is 12.6. The second-order valence-corrected chi connectivity index (χ2v) is 8.91. The molecule has 2 fully saturated rings. The van der Waals surface area contributed by atoms with E-state index in [1.165, 1.54) is 12.8 Å². The number of rotatable bonds is 9. The summed E-state index contributed by atoms with van der Waals surface area (Å²) < 4.78 is 11.4. The molecule has 0 saturated carbocycles. The standard InChI is InChI=1S/C23H36N2O3/c1-15(2)9-10-28-21-8-5-18(14-22(21)27-4)16(3)24-23(26)13-17-11-19-6-7-20(12-17)25-19/h5,8,14-17,19-20,25H,6-7,9-13H2,1-4H3,(H,24,26). The number of fused-ring (bicyclic) bond motifs is 2. The van der Waals surface area contributed by atoms with Crippen molar-refractivity contribution >= 4 is 5.91 Å². The Hall–Kier alpha value is -1.75. The van der Waals surface area contributed by atoms with E-state index in [1.807, 2.05) is 25.1 Å². The van der Waals surface area contributed by atoms with Crippen LogP contribution in [0.5, 0.6) is 11.5 Å². The smallest absolute Gasteiger partial charge is 0.220 e. The van der Waals surface area contributed by atoms with E-state index in [1.54, 1.807) is 7.11 Å². The van der Waals surface area contributed by atoms with Gasteiger partial charge in [-0.2, -0.15) is 0 Å². The maximum atomic E-state index is 12.6. The van der Waals surface area contributed by atoms with E-state index < -0.39 is 0 Å². The van der Waals surface area contributed by atoms with Gasteiger partial charge in [0.2, 0.25) is 5.91 Å². The van der Waals surface area contributed by atoms with Crippen molar-refractivity contribution in [2.24, 2.45) is 11.8 Å². The molecule has 0 aliphatic carbocycles. The summed E-state index contributed by atoms with van der Waals surface area (Å²) in [5.41, 5.74) is 1.03. The fourth-order valence-electron chi connectivity index (χ4n) is 4.47. The number of ether oxygens (including phenoxy) is 2. The number of carbonyl (C=O) groups excluding carboxylic acids is 1. The van der Waals surface area contributed by atoms with Crippen molar-refractivity contribution in [2.45, 2.75) is 77.4 Å². The molecule has 3 rings (SSSR count). The molecule has 3 atom stereocenters. The molecule has 5 heteroatoms. The van der Waals surface area contributed by atoms with Crippen LogP contribution in [-0.2, 0) is 4.79 Å². The van der Waals surface area contributed by atoms with Crippen LogP contribution in [0.2, 0.25) is 0 Å². The number of piperidine rings is 1. The molecule has 1 aromatic rings. The number of amides is 1. The summed E-state index contributed by atoms with van der Waals surface area (Å²) in [7, 11) is 1.66. The molecule has 156 valence electrons. The molecule has 2 aliphatic rings. The van der Waals surface area contributed by atoms with E-state index in [0.717, 1.165) is 36.3 Å². The highest BCUT2D eigenvalue weighted by atomic mass is 16.5. The average molecular weight is 389 g/mol. The summed E-state index contributed by atoms with van der Waals surface area (Å²) in [4.78, 5) is 12.6. The monoisotopic (exact) mass is 388 g/mol. The Balaban J connectivity index is 1.52. The van der Waals surface area contributed by atoms with E-state index in [9.17, 15) is 4.79 Å². The summed E-state index contributed by atoms with van der Waals surface area (Å²) >= 11 is 0. The summed E-state index contributed by atoms with van der Waals surface area (Å²) in [5.74, 6) is 2.75. The molecule has 2 aliphatic heterocycles. The third-order valence-electron chi connectivity index (χ3n) is 6.06. The van der Waals surface area contributed by atoms with E-state index in [0.29, 0.717) is 36.9 Å². The summed E-state index contributed by atoms with van der Waals surface area (Å²) in [6.07, 6.45) is 6.44. The van der Waals surface area contributed by atoms with Gasteiger partial charge in [-0.1, -0.05) is 19.9 Å². The maximum Gasteiger partial charge on any atom is 0.220 e. The minimum absolute atomic E-state index is 0.0513. The molecule has 1 aromatic carbocycles. The number of methoxy groups -OCH3 is 1. The normalized spacial score (nSPS) is 24.8. The van der Waals surface area contributed by atoms with Crippen LogP contribution in [0, 0.1) is 11.8 Å². The average Bonchev–Trinajstić information content (AvgIpc) is 2.99. The molecule has 2 heterocycles. The Labute approximate surface area is 169 Å². The van der Waals surface area contributed by atoms with E-state index in [4.69, 9.17) is 9.47 Å².